The smallest absolute Gasteiger partial charge is 0.339 e. The van der Waals surface area contributed by atoms with E-state index in [0.29, 0.717) is 16.8 Å². The first-order valence-corrected chi connectivity index (χ1v) is 5.25. The molecule has 0 aliphatic heterocycles. The molecule has 0 aromatic heterocycles. The Labute approximate surface area is 105 Å². The zero-order valence-electron chi connectivity index (χ0n) is 10.2. The molecular formula is C13H14N2O3. The van der Waals surface area contributed by atoms with E-state index in [9.17, 15) is 9.59 Å². The van der Waals surface area contributed by atoms with Gasteiger partial charge in [-0.05, 0) is 18.2 Å². The molecule has 0 aliphatic carbocycles. The van der Waals surface area contributed by atoms with Crippen molar-refractivity contribution in [2.45, 2.75) is 6.92 Å². The normalized spacial score (nSPS) is 9.00. The lowest BCUT2D eigenvalue weighted by Gasteiger charge is -2.03. The molecule has 0 aliphatic rings. The van der Waals surface area contributed by atoms with E-state index in [1.807, 2.05) is 0 Å². The monoisotopic (exact) mass is 246 g/mol. The van der Waals surface area contributed by atoms with Crippen LogP contribution in [0.1, 0.15) is 22.8 Å². The molecule has 0 fully saturated rings. The van der Waals surface area contributed by atoms with E-state index in [1.54, 1.807) is 12.1 Å². The van der Waals surface area contributed by atoms with Gasteiger partial charge in [-0.15, -0.1) is 0 Å². The first kappa shape index (κ1) is 13.6. The maximum Gasteiger partial charge on any atom is 0.339 e. The Morgan fingerprint density at radius 3 is 2.78 bits per heavy atom. The van der Waals surface area contributed by atoms with Gasteiger partial charge in [-0.1, -0.05) is 11.8 Å². The average molecular weight is 246 g/mol. The highest BCUT2D eigenvalue weighted by atomic mass is 16.5. The first-order chi connectivity index (χ1) is 8.54. The second-order valence-electron chi connectivity index (χ2n) is 3.51. The topological polar surface area (TPSA) is 81.4 Å². The number of methoxy groups -OCH3 is 1. The van der Waals surface area contributed by atoms with E-state index < -0.39 is 5.97 Å². The van der Waals surface area contributed by atoms with Crippen LogP contribution in [0, 0.1) is 11.8 Å². The van der Waals surface area contributed by atoms with Crippen molar-refractivity contribution in [3.8, 4) is 11.8 Å². The quantitative estimate of drug-likeness (QED) is 0.453. The van der Waals surface area contributed by atoms with Crippen molar-refractivity contribution < 1.29 is 14.3 Å². The summed E-state index contributed by atoms with van der Waals surface area (Å²) in [5.41, 5.74) is 6.89. The largest absolute Gasteiger partial charge is 0.465 e. The number of nitrogens with one attached hydrogen (secondary N) is 1. The maximum atomic E-state index is 11.5. The van der Waals surface area contributed by atoms with Gasteiger partial charge < -0.3 is 15.8 Å². The van der Waals surface area contributed by atoms with Crippen molar-refractivity contribution in [2.24, 2.45) is 0 Å². The number of nitrogens with two attached hydrogens (primary N) is 1. The molecule has 5 nitrogen and oxygen atoms in total. The number of nitrogen functional groups attached to an aromatic ring is 1. The Kier molecular flexibility index (Phi) is 4.76. The molecule has 18 heavy (non-hydrogen) atoms. The van der Waals surface area contributed by atoms with Gasteiger partial charge in [0.15, 0.2) is 0 Å². The van der Waals surface area contributed by atoms with Crippen molar-refractivity contribution in [1.82, 2.24) is 5.32 Å². The van der Waals surface area contributed by atoms with Crippen LogP contribution in [0.15, 0.2) is 18.2 Å². The van der Waals surface area contributed by atoms with Gasteiger partial charge in [0.1, 0.15) is 0 Å². The van der Waals surface area contributed by atoms with Gasteiger partial charge in [0.2, 0.25) is 5.91 Å². The van der Waals surface area contributed by atoms with Crippen molar-refractivity contribution >= 4 is 17.6 Å². The lowest BCUT2D eigenvalue weighted by molar-refractivity contribution is -0.118. The van der Waals surface area contributed by atoms with Crippen molar-refractivity contribution in [1.29, 1.82) is 0 Å². The fourth-order valence-electron chi connectivity index (χ4n) is 1.26. The molecule has 1 amide bonds. The van der Waals surface area contributed by atoms with E-state index in [-0.39, 0.29) is 12.5 Å². The van der Waals surface area contributed by atoms with Crippen LogP contribution in [0.4, 0.5) is 5.69 Å². The van der Waals surface area contributed by atoms with E-state index >= 15 is 0 Å². The molecule has 0 spiro atoms. The van der Waals surface area contributed by atoms with Crippen LogP contribution in [-0.2, 0) is 9.53 Å². The third-order valence-electron chi connectivity index (χ3n) is 2.10. The molecule has 3 N–H and O–H groups in total. The summed E-state index contributed by atoms with van der Waals surface area (Å²) in [5.74, 6) is 4.88. The number of hydrogen-bond donors (Lipinski definition) is 2. The second-order valence-corrected chi connectivity index (χ2v) is 3.51. The van der Waals surface area contributed by atoms with Crippen molar-refractivity contribution in [2.75, 3.05) is 19.4 Å². The van der Waals surface area contributed by atoms with E-state index in [0.717, 1.165) is 0 Å². The summed E-state index contributed by atoms with van der Waals surface area (Å²) in [4.78, 5) is 22.2. The van der Waals surface area contributed by atoms with E-state index in [2.05, 4.69) is 21.9 Å². The van der Waals surface area contributed by atoms with Crippen LogP contribution in [0.3, 0.4) is 0 Å². The Bertz CT molecular complexity index is 527. The van der Waals surface area contributed by atoms with E-state index in [1.165, 1.54) is 20.1 Å². The molecular weight excluding hydrogens is 232 g/mol. The van der Waals surface area contributed by atoms with Crippen LogP contribution < -0.4 is 11.1 Å². The average Bonchev–Trinajstić information content (AvgIpc) is 2.34. The SMILES string of the molecule is COC(=O)c1cc(N)ccc1C#CCNC(C)=O. The fourth-order valence-corrected chi connectivity index (χ4v) is 1.26. The van der Waals surface area contributed by atoms with E-state index in [4.69, 9.17) is 5.73 Å². The standard InChI is InChI=1S/C13H14N2O3/c1-9(16)15-7-3-4-10-5-6-11(14)8-12(10)13(17)18-2/h5-6,8H,7,14H2,1-2H3,(H,15,16). The Balaban J connectivity index is 2.94. The molecule has 1 rings (SSSR count). The van der Waals surface area contributed by atoms with Crippen LogP contribution in [0.2, 0.25) is 0 Å². The van der Waals surface area contributed by atoms with Gasteiger partial charge in [0.05, 0.1) is 19.2 Å². The predicted octanol–water partition coefficient (Wildman–Crippen LogP) is 0.543. The maximum absolute atomic E-state index is 11.5. The van der Waals surface area contributed by atoms with Crippen LogP contribution in [0.25, 0.3) is 0 Å². The Morgan fingerprint density at radius 1 is 1.44 bits per heavy atom. The third-order valence-corrected chi connectivity index (χ3v) is 2.10. The summed E-state index contributed by atoms with van der Waals surface area (Å²) in [6.07, 6.45) is 0. The molecule has 0 atom stereocenters. The predicted molar refractivity (Wildman–Crippen MR) is 67.8 cm³/mol. The number of anilines is 1. The number of rotatable bonds is 2. The minimum Gasteiger partial charge on any atom is -0.465 e. The molecule has 1 aromatic rings. The van der Waals surface area contributed by atoms with Gasteiger partial charge in [0, 0.05) is 18.2 Å². The lowest BCUT2D eigenvalue weighted by atomic mass is 10.1. The highest BCUT2D eigenvalue weighted by molar-refractivity contribution is 5.93. The molecule has 0 saturated heterocycles. The molecule has 0 heterocycles. The van der Waals surface area contributed by atoms with Crippen molar-refractivity contribution in [3.63, 3.8) is 0 Å². The second kappa shape index (κ2) is 6.30. The number of amides is 1. The van der Waals surface area contributed by atoms with Crippen LogP contribution >= 0.6 is 0 Å². The van der Waals surface area contributed by atoms with Crippen molar-refractivity contribution in [3.05, 3.63) is 29.3 Å². The highest BCUT2D eigenvalue weighted by Crippen LogP contribution is 2.13. The van der Waals surface area contributed by atoms with Gasteiger partial charge in [-0.2, -0.15) is 0 Å². The summed E-state index contributed by atoms with van der Waals surface area (Å²) in [6.45, 7) is 1.63. The summed E-state index contributed by atoms with van der Waals surface area (Å²) >= 11 is 0. The first-order valence-electron chi connectivity index (χ1n) is 5.25. The number of carbonyl (C=O) groups excluding carboxylic acids is 2. The zero-order valence-corrected chi connectivity index (χ0v) is 10.2. The van der Waals surface area contributed by atoms with Gasteiger partial charge in [-0.25, -0.2) is 4.79 Å². The van der Waals surface area contributed by atoms with Crippen LogP contribution in [-0.4, -0.2) is 25.5 Å². The number of benzene rings is 1. The molecule has 0 unspecified atom stereocenters. The number of esters is 1. The molecule has 94 valence electrons. The summed E-state index contributed by atoms with van der Waals surface area (Å²) in [7, 11) is 1.29. The summed E-state index contributed by atoms with van der Waals surface area (Å²) in [6, 6.07) is 4.80. The summed E-state index contributed by atoms with van der Waals surface area (Å²) < 4.78 is 4.64. The molecule has 0 bridgehead atoms. The van der Waals surface area contributed by atoms with Gasteiger partial charge in [-0.3, -0.25) is 4.79 Å². The Hall–Kier alpha value is -2.48. The zero-order chi connectivity index (χ0) is 13.5. The molecule has 5 heteroatoms. The molecule has 0 radical (unpaired) electrons. The number of carbonyl (C=O) groups is 2. The van der Waals surface area contributed by atoms with Gasteiger partial charge >= 0.3 is 5.97 Å². The summed E-state index contributed by atoms with van der Waals surface area (Å²) in [5, 5.41) is 2.54. The fraction of sp³-hybridized carbons (Fsp3) is 0.231. The lowest BCUT2D eigenvalue weighted by Crippen LogP contribution is -2.19. The highest BCUT2D eigenvalue weighted by Gasteiger charge is 2.10. The minimum atomic E-state index is -0.494. The molecule has 1 aromatic carbocycles. The number of hydrogen-bond acceptors (Lipinski definition) is 4. The molecule has 0 saturated carbocycles. The Morgan fingerprint density at radius 2 is 2.17 bits per heavy atom. The van der Waals surface area contributed by atoms with Gasteiger partial charge in [0.25, 0.3) is 0 Å². The number of ether oxygens (including phenoxy) is 1. The third kappa shape index (κ3) is 3.83. The minimum absolute atomic E-state index is 0.158. The van der Waals surface area contributed by atoms with Crippen LogP contribution in [0.5, 0.6) is 0 Å².